The van der Waals surface area contributed by atoms with Crippen LogP contribution >= 0.6 is 0 Å². The zero-order chi connectivity index (χ0) is 21.1. The summed E-state index contributed by atoms with van der Waals surface area (Å²) in [6, 6.07) is 13.7. The third kappa shape index (κ3) is 3.99. The van der Waals surface area contributed by atoms with Crippen molar-refractivity contribution in [3.63, 3.8) is 0 Å². The maximum absolute atomic E-state index is 12.7. The van der Waals surface area contributed by atoms with E-state index in [9.17, 15) is 9.59 Å². The van der Waals surface area contributed by atoms with E-state index >= 15 is 0 Å². The van der Waals surface area contributed by atoms with Crippen LogP contribution in [0.4, 0.5) is 5.82 Å². The molecule has 2 aromatic carbocycles. The monoisotopic (exact) mass is 408 g/mol. The lowest BCUT2D eigenvalue weighted by molar-refractivity contribution is -0.135. The summed E-state index contributed by atoms with van der Waals surface area (Å²) >= 11 is 0. The van der Waals surface area contributed by atoms with Gasteiger partial charge < -0.3 is 10.1 Å². The molecular weight excluding hydrogens is 384 g/mol. The van der Waals surface area contributed by atoms with Crippen molar-refractivity contribution in [3.05, 3.63) is 42.5 Å². The van der Waals surface area contributed by atoms with Gasteiger partial charge in [0.25, 0.3) is 0 Å². The Kier molecular flexibility index (Phi) is 5.67. The minimum absolute atomic E-state index is 0.0943. The highest BCUT2D eigenvalue weighted by atomic mass is 16.5. The molecule has 4 rings (SSSR count). The number of hydrogen-bond acceptors (Lipinski definition) is 5. The number of aromatic amines is 1. The number of hydrogen-bond donors (Lipinski definition) is 4. The van der Waals surface area contributed by atoms with Crippen molar-refractivity contribution in [1.29, 1.82) is 0 Å². The highest BCUT2D eigenvalue weighted by Crippen LogP contribution is 2.32. The lowest BCUT2D eigenvalue weighted by Gasteiger charge is -2.26. The van der Waals surface area contributed by atoms with Gasteiger partial charge in [-0.15, -0.1) is 0 Å². The van der Waals surface area contributed by atoms with Crippen LogP contribution in [0.1, 0.15) is 25.7 Å². The Bertz CT molecular complexity index is 1070. The van der Waals surface area contributed by atoms with Gasteiger partial charge in [0, 0.05) is 17.2 Å². The van der Waals surface area contributed by atoms with Crippen LogP contribution in [-0.2, 0) is 9.59 Å². The number of nitrogens with zero attached hydrogens (tertiary/aromatic N) is 1. The molecule has 0 saturated heterocycles. The first-order chi connectivity index (χ1) is 14.6. The van der Waals surface area contributed by atoms with E-state index in [1.54, 1.807) is 12.6 Å². The highest BCUT2D eigenvalue weighted by molar-refractivity contribution is 6.01. The van der Waals surface area contributed by atoms with E-state index in [0.717, 1.165) is 27.8 Å². The van der Waals surface area contributed by atoms with E-state index in [4.69, 9.17) is 9.94 Å². The average Bonchev–Trinajstić information content (AvgIpc) is 3.20. The lowest BCUT2D eigenvalue weighted by Crippen LogP contribution is -2.34. The van der Waals surface area contributed by atoms with Gasteiger partial charge >= 0.3 is 0 Å². The number of amides is 2. The topological polar surface area (TPSA) is 116 Å². The van der Waals surface area contributed by atoms with E-state index in [2.05, 4.69) is 15.5 Å². The van der Waals surface area contributed by atoms with E-state index in [1.165, 1.54) is 0 Å². The van der Waals surface area contributed by atoms with Crippen molar-refractivity contribution < 1.29 is 19.5 Å². The van der Waals surface area contributed by atoms with Crippen LogP contribution in [0.5, 0.6) is 5.75 Å². The van der Waals surface area contributed by atoms with Crippen molar-refractivity contribution >= 4 is 28.5 Å². The molecule has 1 aliphatic rings. The molecule has 0 bridgehead atoms. The molecule has 30 heavy (non-hydrogen) atoms. The van der Waals surface area contributed by atoms with Gasteiger partial charge in [-0.2, -0.15) is 5.10 Å². The molecular formula is C22H24N4O4. The van der Waals surface area contributed by atoms with Gasteiger partial charge in [-0.1, -0.05) is 18.2 Å². The number of aromatic nitrogens is 2. The summed E-state index contributed by atoms with van der Waals surface area (Å²) in [4.78, 5) is 24.2. The first-order valence-electron chi connectivity index (χ1n) is 9.96. The summed E-state index contributed by atoms with van der Waals surface area (Å²) in [5, 5.41) is 19.8. The largest absolute Gasteiger partial charge is 0.497 e. The molecule has 0 radical (unpaired) electrons. The zero-order valence-electron chi connectivity index (χ0n) is 16.6. The van der Waals surface area contributed by atoms with Gasteiger partial charge in [-0.25, -0.2) is 5.48 Å². The second-order valence-corrected chi connectivity index (χ2v) is 7.58. The van der Waals surface area contributed by atoms with Crippen molar-refractivity contribution in [1.82, 2.24) is 15.7 Å². The maximum atomic E-state index is 12.7. The normalized spacial score (nSPS) is 18.7. The second kappa shape index (κ2) is 8.54. The average molecular weight is 408 g/mol. The number of fused-ring (bicyclic) bond motifs is 1. The van der Waals surface area contributed by atoms with Crippen LogP contribution < -0.4 is 15.5 Å². The fraction of sp³-hybridized carbons (Fsp3) is 0.318. The minimum atomic E-state index is -0.376. The van der Waals surface area contributed by atoms with Crippen molar-refractivity contribution in [2.75, 3.05) is 12.4 Å². The van der Waals surface area contributed by atoms with E-state index < -0.39 is 0 Å². The van der Waals surface area contributed by atoms with Gasteiger partial charge in [0.2, 0.25) is 11.8 Å². The van der Waals surface area contributed by atoms with E-state index in [1.807, 2.05) is 42.5 Å². The Morgan fingerprint density at radius 1 is 1.03 bits per heavy atom. The summed E-state index contributed by atoms with van der Waals surface area (Å²) in [6.45, 7) is 0. The first-order valence-corrected chi connectivity index (χ1v) is 9.96. The number of rotatable bonds is 5. The smallest absolute Gasteiger partial charge is 0.246 e. The SMILES string of the molecule is COc1cccc(-c2ccc3c(NC(=O)C4CCC(C(=O)NO)CC4)n[nH]c3c2)c1. The second-order valence-electron chi connectivity index (χ2n) is 7.58. The molecule has 1 heterocycles. The standard InChI is InChI=1S/C22H24N4O4/c1-30-17-4-2-3-15(11-17)16-9-10-18-19(12-16)24-25-20(18)23-21(27)13-5-7-14(8-6-13)22(28)26-29/h2-4,9-14,29H,5-8H2,1H3,(H,26,28)(H2,23,24,25,27). The number of carbonyl (C=O) groups excluding carboxylic acids is 2. The summed E-state index contributed by atoms with van der Waals surface area (Å²) in [5.41, 5.74) is 4.57. The molecule has 4 N–H and O–H groups in total. The molecule has 1 aliphatic carbocycles. The quantitative estimate of drug-likeness (QED) is 0.381. The van der Waals surface area contributed by atoms with Crippen molar-refractivity contribution in [2.24, 2.45) is 11.8 Å². The molecule has 0 spiro atoms. The third-order valence-corrected chi connectivity index (χ3v) is 5.79. The maximum Gasteiger partial charge on any atom is 0.246 e. The van der Waals surface area contributed by atoms with Crippen LogP contribution in [0.15, 0.2) is 42.5 Å². The summed E-state index contributed by atoms with van der Waals surface area (Å²) < 4.78 is 5.29. The number of hydroxylamine groups is 1. The number of benzene rings is 2. The van der Waals surface area contributed by atoms with Gasteiger partial charge in [-0.05, 0) is 61.1 Å². The van der Waals surface area contributed by atoms with Crippen LogP contribution in [0.3, 0.4) is 0 Å². The summed E-state index contributed by atoms with van der Waals surface area (Å²) in [7, 11) is 1.64. The van der Waals surface area contributed by atoms with Crippen LogP contribution in [0, 0.1) is 11.8 Å². The molecule has 1 fully saturated rings. The minimum Gasteiger partial charge on any atom is -0.497 e. The van der Waals surface area contributed by atoms with Gasteiger partial charge in [0.1, 0.15) is 5.75 Å². The third-order valence-electron chi connectivity index (χ3n) is 5.79. The highest BCUT2D eigenvalue weighted by Gasteiger charge is 2.30. The van der Waals surface area contributed by atoms with Crippen LogP contribution in [0.2, 0.25) is 0 Å². The number of anilines is 1. The Balaban J connectivity index is 1.46. The van der Waals surface area contributed by atoms with Gasteiger partial charge in [0.15, 0.2) is 5.82 Å². The predicted octanol–water partition coefficient (Wildman–Crippen LogP) is 3.49. The van der Waals surface area contributed by atoms with E-state index in [0.29, 0.717) is 31.5 Å². The van der Waals surface area contributed by atoms with Gasteiger partial charge in [-0.3, -0.25) is 19.9 Å². The van der Waals surface area contributed by atoms with Crippen molar-refractivity contribution in [3.8, 4) is 16.9 Å². The van der Waals surface area contributed by atoms with Crippen LogP contribution in [-0.4, -0.2) is 34.3 Å². The Hall–Kier alpha value is -3.39. The fourth-order valence-corrected chi connectivity index (χ4v) is 4.02. The molecule has 8 nitrogen and oxygen atoms in total. The number of carbonyl (C=O) groups is 2. The van der Waals surface area contributed by atoms with Gasteiger partial charge in [0.05, 0.1) is 12.6 Å². The molecule has 0 unspecified atom stereocenters. The molecule has 1 saturated carbocycles. The molecule has 8 heteroatoms. The number of methoxy groups -OCH3 is 1. The Morgan fingerprint density at radius 3 is 2.43 bits per heavy atom. The Labute approximate surface area is 173 Å². The Morgan fingerprint density at radius 2 is 1.73 bits per heavy atom. The number of ether oxygens (including phenoxy) is 1. The first kappa shape index (κ1) is 19.9. The molecule has 3 aromatic rings. The summed E-state index contributed by atoms with van der Waals surface area (Å²) in [5.74, 6) is 0.414. The molecule has 0 aliphatic heterocycles. The molecule has 156 valence electrons. The lowest BCUT2D eigenvalue weighted by atomic mass is 9.81. The zero-order valence-corrected chi connectivity index (χ0v) is 16.6. The van der Waals surface area contributed by atoms with E-state index in [-0.39, 0.29) is 23.7 Å². The number of H-pyrrole nitrogens is 1. The fourth-order valence-electron chi connectivity index (χ4n) is 4.02. The molecule has 1 aromatic heterocycles. The summed E-state index contributed by atoms with van der Waals surface area (Å²) in [6.07, 6.45) is 2.36. The molecule has 0 atom stereocenters. The predicted molar refractivity (Wildman–Crippen MR) is 112 cm³/mol. The molecule has 2 amide bonds. The van der Waals surface area contributed by atoms with Crippen LogP contribution in [0.25, 0.3) is 22.0 Å². The van der Waals surface area contributed by atoms with Crippen molar-refractivity contribution in [2.45, 2.75) is 25.7 Å². The number of nitrogens with one attached hydrogen (secondary N) is 3.